The van der Waals surface area contributed by atoms with Gasteiger partial charge in [0, 0.05) is 10.7 Å². The highest BCUT2D eigenvalue weighted by atomic mass is 35.7. The molecule has 1 rings (SSSR count). The second-order valence-electron chi connectivity index (χ2n) is 3.51. The van der Waals surface area contributed by atoms with Crippen LogP contribution in [0.4, 0.5) is 0 Å². The van der Waals surface area contributed by atoms with Crippen molar-refractivity contribution in [2.75, 3.05) is 0 Å². The molecule has 1 aromatic carbocycles. The maximum absolute atomic E-state index is 10.9. The number of hydrogen-bond donors (Lipinski definition) is 1. The summed E-state index contributed by atoms with van der Waals surface area (Å²) in [5.41, 5.74) is 1.46. The Balaban J connectivity index is 2.96. The van der Waals surface area contributed by atoms with Gasteiger partial charge in [0.15, 0.2) is 0 Å². The van der Waals surface area contributed by atoms with Gasteiger partial charge in [-0.05, 0) is 24.5 Å². The van der Waals surface area contributed by atoms with Crippen LogP contribution in [0, 0.1) is 0 Å². The monoisotopic (exact) mass is 248 g/mol. The SMILES string of the molecule is CC(O)Cc1ccccc1CS(=O)(=O)Cl. The summed E-state index contributed by atoms with van der Waals surface area (Å²) in [5, 5.41) is 9.25. The molecule has 0 aliphatic rings. The Labute approximate surface area is 94.1 Å². The van der Waals surface area contributed by atoms with Crippen molar-refractivity contribution in [3.63, 3.8) is 0 Å². The molecule has 15 heavy (non-hydrogen) atoms. The minimum absolute atomic E-state index is 0.197. The third-order valence-corrected chi connectivity index (χ3v) is 2.94. The number of halogens is 1. The summed E-state index contributed by atoms with van der Waals surface area (Å²) in [7, 11) is 1.64. The quantitative estimate of drug-likeness (QED) is 0.825. The Morgan fingerprint density at radius 3 is 2.33 bits per heavy atom. The van der Waals surface area contributed by atoms with E-state index in [1.807, 2.05) is 6.07 Å². The number of hydrogen-bond acceptors (Lipinski definition) is 3. The van der Waals surface area contributed by atoms with Gasteiger partial charge in [-0.2, -0.15) is 0 Å². The molecule has 0 fully saturated rings. The van der Waals surface area contributed by atoms with E-state index in [1.54, 1.807) is 25.1 Å². The Morgan fingerprint density at radius 1 is 1.33 bits per heavy atom. The van der Waals surface area contributed by atoms with E-state index in [1.165, 1.54) is 0 Å². The molecule has 0 amide bonds. The lowest BCUT2D eigenvalue weighted by atomic mass is 10.0. The summed E-state index contributed by atoms with van der Waals surface area (Å²) in [6.07, 6.45) is -0.0630. The van der Waals surface area contributed by atoms with Gasteiger partial charge in [0.25, 0.3) is 0 Å². The first-order valence-electron chi connectivity index (χ1n) is 4.55. The minimum Gasteiger partial charge on any atom is -0.393 e. The molecular formula is C10H13ClO3S. The Morgan fingerprint density at radius 2 is 1.87 bits per heavy atom. The topological polar surface area (TPSA) is 54.4 Å². The van der Waals surface area contributed by atoms with Crippen LogP contribution in [-0.2, 0) is 21.2 Å². The zero-order chi connectivity index (χ0) is 11.5. The van der Waals surface area contributed by atoms with E-state index >= 15 is 0 Å². The molecule has 0 radical (unpaired) electrons. The van der Waals surface area contributed by atoms with Crippen LogP contribution < -0.4 is 0 Å². The summed E-state index contributed by atoms with van der Waals surface area (Å²) in [5.74, 6) is -0.197. The van der Waals surface area contributed by atoms with Gasteiger partial charge in [-0.1, -0.05) is 24.3 Å². The van der Waals surface area contributed by atoms with Gasteiger partial charge in [-0.3, -0.25) is 0 Å². The molecule has 1 N–H and O–H groups in total. The summed E-state index contributed by atoms with van der Waals surface area (Å²) in [6.45, 7) is 1.66. The van der Waals surface area contributed by atoms with Crippen molar-refractivity contribution in [3.8, 4) is 0 Å². The standard InChI is InChI=1S/C10H13ClO3S/c1-8(12)6-9-4-2-3-5-10(9)7-15(11,13)14/h2-5,8,12H,6-7H2,1H3. The van der Waals surface area contributed by atoms with E-state index in [9.17, 15) is 13.5 Å². The smallest absolute Gasteiger partial charge is 0.236 e. The van der Waals surface area contributed by atoms with Gasteiger partial charge in [0.2, 0.25) is 9.05 Å². The molecule has 0 bridgehead atoms. The van der Waals surface area contributed by atoms with E-state index in [0.717, 1.165) is 5.56 Å². The van der Waals surface area contributed by atoms with Gasteiger partial charge in [-0.15, -0.1) is 0 Å². The summed E-state index contributed by atoms with van der Waals surface area (Å²) in [6, 6.07) is 7.06. The lowest BCUT2D eigenvalue weighted by Gasteiger charge is -2.09. The zero-order valence-electron chi connectivity index (χ0n) is 8.35. The molecular weight excluding hydrogens is 236 g/mol. The predicted molar refractivity (Wildman–Crippen MR) is 60.3 cm³/mol. The normalized spacial score (nSPS) is 13.8. The van der Waals surface area contributed by atoms with Crippen LogP contribution in [-0.4, -0.2) is 19.6 Å². The molecule has 0 aromatic heterocycles. The van der Waals surface area contributed by atoms with Crippen molar-refractivity contribution in [2.24, 2.45) is 0 Å². The highest BCUT2D eigenvalue weighted by molar-refractivity contribution is 8.13. The van der Waals surface area contributed by atoms with Crippen LogP contribution >= 0.6 is 10.7 Å². The Kier molecular flexibility index (Phi) is 4.13. The lowest BCUT2D eigenvalue weighted by molar-refractivity contribution is 0.195. The number of benzene rings is 1. The van der Waals surface area contributed by atoms with Crippen molar-refractivity contribution in [1.82, 2.24) is 0 Å². The molecule has 0 aliphatic heterocycles. The van der Waals surface area contributed by atoms with Crippen molar-refractivity contribution < 1.29 is 13.5 Å². The number of aliphatic hydroxyl groups is 1. The van der Waals surface area contributed by atoms with Crippen LogP contribution in [0.15, 0.2) is 24.3 Å². The molecule has 1 atom stereocenters. The minimum atomic E-state index is -3.54. The fourth-order valence-electron chi connectivity index (χ4n) is 1.40. The second-order valence-corrected chi connectivity index (χ2v) is 6.28. The van der Waals surface area contributed by atoms with Crippen LogP contribution in [0.3, 0.4) is 0 Å². The van der Waals surface area contributed by atoms with Gasteiger partial charge >= 0.3 is 0 Å². The first kappa shape index (κ1) is 12.5. The van der Waals surface area contributed by atoms with Crippen LogP contribution in [0.1, 0.15) is 18.1 Å². The van der Waals surface area contributed by atoms with Crippen molar-refractivity contribution in [2.45, 2.75) is 25.2 Å². The molecule has 84 valence electrons. The lowest BCUT2D eigenvalue weighted by Crippen LogP contribution is -2.08. The van der Waals surface area contributed by atoms with Gasteiger partial charge in [0.05, 0.1) is 11.9 Å². The molecule has 1 unspecified atom stereocenters. The highest BCUT2D eigenvalue weighted by Gasteiger charge is 2.11. The first-order chi connectivity index (χ1) is 6.88. The Hall–Kier alpha value is -0.580. The molecule has 0 spiro atoms. The third-order valence-electron chi connectivity index (χ3n) is 1.96. The zero-order valence-corrected chi connectivity index (χ0v) is 9.92. The maximum Gasteiger partial charge on any atom is 0.236 e. The molecule has 0 aliphatic carbocycles. The molecule has 1 aromatic rings. The van der Waals surface area contributed by atoms with E-state index in [2.05, 4.69) is 0 Å². The fourth-order valence-corrected chi connectivity index (χ4v) is 2.41. The predicted octanol–water partition coefficient (Wildman–Crippen LogP) is 1.68. The van der Waals surface area contributed by atoms with E-state index in [0.29, 0.717) is 12.0 Å². The number of aliphatic hydroxyl groups excluding tert-OH is 1. The largest absolute Gasteiger partial charge is 0.393 e. The third kappa shape index (κ3) is 4.64. The van der Waals surface area contributed by atoms with Crippen LogP contribution in [0.5, 0.6) is 0 Å². The van der Waals surface area contributed by atoms with E-state index in [-0.39, 0.29) is 5.75 Å². The fraction of sp³-hybridized carbons (Fsp3) is 0.400. The van der Waals surface area contributed by atoms with Crippen molar-refractivity contribution in [1.29, 1.82) is 0 Å². The van der Waals surface area contributed by atoms with Gasteiger partial charge in [0.1, 0.15) is 0 Å². The van der Waals surface area contributed by atoms with E-state index < -0.39 is 15.2 Å². The first-order valence-corrected chi connectivity index (χ1v) is 7.03. The molecule has 0 saturated heterocycles. The van der Waals surface area contributed by atoms with Crippen molar-refractivity contribution in [3.05, 3.63) is 35.4 Å². The average Bonchev–Trinajstić information content (AvgIpc) is 2.05. The molecule has 5 heteroatoms. The summed E-state index contributed by atoms with van der Waals surface area (Å²) >= 11 is 0. The van der Waals surface area contributed by atoms with Gasteiger partial charge in [-0.25, -0.2) is 8.42 Å². The molecule has 0 saturated carbocycles. The Bertz CT molecular complexity index is 426. The van der Waals surface area contributed by atoms with Crippen LogP contribution in [0.2, 0.25) is 0 Å². The average molecular weight is 249 g/mol. The van der Waals surface area contributed by atoms with E-state index in [4.69, 9.17) is 10.7 Å². The summed E-state index contributed by atoms with van der Waals surface area (Å²) < 4.78 is 21.9. The number of rotatable bonds is 4. The second kappa shape index (κ2) is 4.96. The maximum atomic E-state index is 10.9. The molecule has 3 nitrogen and oxygen atoms in total. The van der Waals surface area contributed by atoms with Crippen LogP contribution in [0.25, 0.3) is 0 Å². The highest BCUT2D eigenvalue weighted by Crippen LogP contribution is 2.16. The van der Waals surface area contributed by atoms with Crippen molar-refractivity contribution >= 4 is 19.7 Å². The molecule has 0 heterocycles. The van der Waals surface area contributed by atoms with Gasteiger partial charge < -0.3 is 5.11 Å². The summed E-state index contributed by atoms with van der Waals surface area (Å²) in [4.78, 5) is 0.